The van der Waals surface area contributed by atoms with E-state index in [1.54, 1.807) is 12.1 Å². The lowest BCUT2D eigenvalue weighted by atomic mass is 10.1. The second kappa shape index (κ2) is 8.16. The van der Waals surface area contributed by atoms with Gasteiger partial charge < -0.3 is 9.57 Å². The SMILES string of the molecule is O=C(ON1C(=O)c2ccccc2C1=O)c1ccc(OCc2ccc(F)c(F)c2)c(Cl)c1. The van der Waals surface area contributed by atoms with Crippen LogP contribution in [0.15, 0.2) is 60.7 Å². The first kappa shape index (κ1) is 20.5. The second-order valence-corrected chi connectivity index (χ2v) is 6.92. The largest absolute Gasteiger partial charge is 0.487 e. The summed E-state index contributed by atoms with van der Waals surface area (Å²) in [5.74, 6) is -4.24. The number of benzene rings is 3. The maximum absolute atomic E-state index is 13.3. The number of hydrogen-bond donors (Lipinski definition) is 0. The summed E-state index contributed by atoms with van der Waals surface area (Å²) in [5.41, 5.74) is 0.629. The molecular formula is C22H12ClF2NO5. The molecule has 0 bridgehead atoms. The lowest BCUT2D eigenvalue weighted by Crippen LogP contribution is -2.32. The average molecular weight is 444 g/mol. The van der Waals surface area contributed by atoms with Crippen molar-refractivity contribution in [3.8, 4) is 5.75 Å². The van der Waals surface area contributed by atoms with Crippen molar-refractivity contribution in [1.29, 1.82) is 0 Å². The van der Waals surface area contributed by atoms with Crippen LogP contribution in [0.5, 0.6) is 5.75 Å². The molecule has 1 aliphatic rings. The van der Waals surface area contributed by atoms with Gasteiger partial charge in [0.1, 0.15) is 12.4 Å². The van der Waals surface area contributed by atoms with Crippen molar-refractivity contribution in [3.05, 3.63) is 99.6 Å². The molecule has 9 heteroatoms. The Labute approximate surface area is 179 Å². The molecule has 0 unspecified atom stereocenters. The van der Waals surface area contributed by atoms with Crippen molar-refractivity contribution < 1.29 is 32.7 Å². The summed E-state index contributed by atoms with van der Waals surface area (Å²) in [6.07, 6.45) is 0. The Morgan fingerprint density at radius 3 is 2.19 bits per heavy atom. The van der Waals surface area contributed by atoms with E-state index in [-0.39, 0.29) is 34.1 Å². The third-order valence-corrected chi connectivity index (χ3v) is 4.77. The molecule has 156 valence electrons. The van der Waals surface area contributed by atoms with Crippen LogP contribution >= 0.6 is 11.6 Å². The lowest BCUT2D eigenvalue weighted by Gasteiger charge is -2.13. The molecular weight excluding hydrogens is 432 g/mol. The zero-order valence-electron chi connectivity index (χ0n) is 15.6. The van der Waals surface area contributed by atoms with Gasteiger partial charge in [0.25, 0.3) is 11.8 Å². The summed E-state index contributed by atoms with van der Waals surface area (Å²) >= 11 is 6.13. The van der Waals surface area contributed by atoms with Crippen LogP contribution in [-0.4, -0.2) is 22.8 Å². The van der Waals surface area contributed by atoms with Crippen molar-refractivity contribution in [1.82, 2.24) is 5.06 Å². The fourth-order valence-electron chi connectivity index (χ4n) is 2.92. The highest BCUT2D eigenvalue weighted by atomic mass is 35.5. The Morgan fingerprint density at radius 1 is 0.903 bits per heavy atom. The van der Waals surface area contributed by atoms with Crippen LogP contribution < -0.4 is 4.74 Å². The summed E-state index contributed by atoms with van der Waals surface area (Å²) in [4.78, 5) is 42.0. The molecule has 1 aliphatic heterocycles. The predicted octanol–water partition coefficient (Wildman–Crippen LogP) is 4.57. The number of fused-ring (bicyclic) bond motifs is 1. The highest BCUT2D eigenvalue weighted by Gasteiger charge is 2.38. The first-order chi connectivity index (χ1) is 14.8. The van der Waals surface area contributed by atoms with Crippen LogP contribution in [0.2, 0.25) is 5.02 Å². The molecule has 0 spiro atoms. The van der Waals surface area contributed by atoms with E-state index in [0.29, 0.717) is 10.6 Å². The Morgan fingerprint density at radius 2 is 1.58 bits per heavy atom. The van der Waals surface area contributed by atoms with Gasteiger partial charge in [0, 0.05) is 0 Å². The smallest absolute Gasteiger partial charge is 0.364 e. The summed E-state index contributed by atoms with van der Waals surface area (Å²) in [7, 11) is 0. The minimum absolute atomic E-state index is 0.0262. The molecule has 0 fully saturated rings. The van der Waals surface area contributed by atoms with Crippen LogP contribution in [0, 0.1) is 11.6 Å². The number of rotatable bonds is 5. The first-order valence-electron chi connectivity index (χ1n) is 8.91. The molecule has 0 atom stereocenters. The van der Waals surface area contributed by atoms with E-state index in [1.165, 1.54) is 36.4 Å². The zero-order valence-corrected chi connectivity index (χ0v) is 16.4. The van der Waals surface area contributed by atoms with Gasteiger partial charge in [0.15, 0.2) is 11.6 Å². The van der Waals surface area contributed by atoms with Crippen LogP contribution in [0.3, 0.4) is 0 Å². The number of halogens is 3. The number of imide groups is 1. The van der Waals surface area contributed by atoms with E-state index in [0.717, 1.165) is 12.1 Å². The number of ether oxygens (including phenoxy) is 1. The average Bonchev–Trinajstić information content (AvgIpc) is 3.00. The molecule has 3 aromatic carbocycles. The van der Waals surface area contributed by atoms with Crippen LogP contribution in [0.1, 0.15) is 36.6 Å². The van der Waals surface area contributed by atoms with Crippen molar-refractivity contribution in [2.45, 2.75) is 6.61 Å². The third kappa shape index (κ3) is 3.97. The monoisotopic (exact) mass is 443 g/mol. The van der Waals surface area contributed by atoms with E-state index in [2.05, 4.69) is 0 Å². The van der Waals surface area contributed by atoms with Gasteiger partial charge in [0.05, 0.1) is 21.7 Å². The number of hydrogen-bond acceptors (Lipinski definition) is 5. The maximum Gasteiger partial charge on any atom is 0.364 e. The molecule has 1 heterocycles. The molecule has 0 aliphatic carbocycles. The van der Waals surface area contributed by atoms with Crippen molar-refractivity contribution in [2.75, 3.05) is 0 Å². The Bertz CT molecular complexity index is 1200. The lowest BCUT2D eigenvalue weighted by molar-refractivity contribution is -0.0584. The number of carbonyl (C=O) groups is 3. The minimum atomic E-state index is -1.00. The molecule has 2 amide bonds. The molecule has 0 radical (unpaired) electrons. The van der Waals surface area contributed by atoms with Gasteiger partial charge in [0.2, 0.25) is 0 Å². The first-order valence-corrected chi connectivity index (χ1v) is 9.29. The van der Waals surface area contributed by atoms with Gasteiger partial charge in [-0.3, -0.25) is 9.59 Å². The number of nitrogens with zero attached hydrogens (tertiary/aromatic N) is 1. The van der Waals surface area contributed by atoms with E-state index in [9.17, 15) is 23.2 Å². The number of amides is 2. The summed E-state index contributed by atoms with van der Waals surface area (Å²) in [6, 6.07) is 13.4. The van der Waals surface area contributed by atoms with Gasteiger partial charge in [-0.1, -0.05) is 34.9 Å². The molecule has 3 aromatic rings. The van der Waals surface area contributed by atoms with Gasteiger partial charge in [-0.15, -0.1) is 0 Å². The Balaban J connectivity index is 1.44. The minimum Gasteiger partial charge on any atom is -0.487 e. The van der Waals surface area contributed by atoms with Crippen LogP contribution in [0.25, 0.3) is 0 Å². The van der Waals surface area contributed by atoms with Gasteiger partial charge >= 0.3 is 5.97 Å². The third-order valence-electron chi connectivity index (χ3n) is 4.48. The van der Waals surface area contributed by atoms with Crippen LogP contribution in [-0.2, 0) is 11.4 Å². The maximum atomic E-state index is 13.3. The Kier molecular flexibility index (Phi) is 5.39. The summed E-state index contributed by atoms with van der Waals surface area (Å²) in [6.45, 7) is -0.0875. The molecule has 31 heavy (non-hydrogen) atoms. The molecule has 0 aromatic heterocycles. The molecule has 0 N–H and O–H groups in total. The number of hydroxylamine groups is 2. The van der Waals surface area contributed by atoms with Crippen LogP contribution in [0.4, 0.5) is 8.78 Å². The van der Waals surface area contributed by atoms with E-state index < -0.39 is 29.4 Å². The van der Waals surface area contributed by atoms with Crippen molar-refractivity contribution >= 4 is 29.4 Å². The molecule has 0 saturated heterocycles. The topological polar surface area (TPSA) is 72.9 Å². The predicted molar refractivity (Wildman–Crippen MR) is 104 cm³/mol. The van der Waals surface area contributed by atoms with E-state index in [4.69, 9.17) is 21.2 Å². The highest BCUT2D eigenvalue weighted by Crippen LogP contribution is 2.28. The van der Waals surface area contributed by atoms with Crippen molar-refractivity contribution in [2.24, 2.45) is 0 Å². The normalized spacial score (nSPS) is 12.7. The molecule has 6 nitrogen and oxygen atoms in total. The van der Waals surface area contributed by atoms with Gasteiger partial charge in [-0.25, -0.2) is 13.6 Å². The van der Waals surface area contributed by atoms with E-state index >= 15 is 0 Å². The highest BCUT2D eigenvalue weighted by molar-refractivity contribution is 6.32. The standard InChI is InChI=1S/C22H12ClF2NO5/c23-16-10-13(6-8-19(16)30-11-12-5-7-17(24)18(25)9-12)22(29)31-26-20(27)14-3-1-2-4-15(14)21(26)28/h1-10H,11H2. The summed E-state index contributed by atoms with van der Waals surface area (Å²) < 4.78 is 31.7. The fourth-order valence-corrected chi connectivity index (χ4v) is 3.16. The molecule has 4 rings (SSSR count). The summed E-state index contributed by atoms with van der Waals surface area (Å²) in [5, 5.41) is 0.438. The fraction of sp³-hybridized carbons (Fsp3) is 0.0455. The van der Waals surface area contributed by atoms with E-state index in [1.807, 2.05) is 0 Å². The van der Waals surface area contributed by atoms with Gasteiger partial charge in [-0.05, 0) is 48.0 Å². The number of carbonyl (C=O) groups excluding carboxylic acids is 3. The Hall–Kier alpha value is -3.78. The quantitative estimate of drug-likeness (QED) is 0.540. The zero-order chi connectivity index (χ0) is 22.1. The second-order valence-electron chi connectivity index (χ2n) is 6.51. The van der Waals surface area contributed by atoms with Gasteiger partial charge in [-0.2, -0.15) is 0 Å². The van der Waals surface area contributed by atoms with Crippen molar-refractivity contribution in [3.63, 3.8) is 0 Å². The molecule has 0 saturated carbocycles.